The number of anilines is 1. The van der Waals surface area contributed by atoms with Gasteiger partial charge in [0.1, 0.15) is 5.82 Å². The average Bonchev–Trinajstić information content (AvgIpc) is 2.68. The third-order valence-corrected chi connectivity index (χ3v) is 5.60. The van der Waals surface area contributed by atoms with Gasteiger partial charge in [-0.1, -0.05) is 18.2 Å². The first-order chi connectivity index (χ1) is 13.3. The van der Waals surface area contributed by atoms with E-state index in [2.05, 4.69) is 4.90 Å². The van der Waals surface area contributed by atoms with Crippen molar-refractivity contribution in [3.63, 3.8) is 0 Å². The Kier molecular flexibility index (Phi) is 6.49. The molecular weight excluding hydrogens is 392 g/mol. The molecule has 1 aliphatic rings. The van der Waals surface area contributed by atoms with Crippen LogP contribution < -0.4 is 4.90 Å². The molecule has 0 bridgehead atoms. The minimum absolute atomic E-state index is 0.0757. The highest BCUT2D eigenvalue weighted by atomic mass is 32.2. The number of alkyl halides is 3. The SMILES string of the molecule is O=C(CSCc1ccccc1C(F)(F)F)N1CCN(c2ccc(F)cc2)CC1. The largest absolute Gasteiger partial charge is 0.416 e. The van der Waals surface area contributed by atoms with Crippen molar-refractivity contribution in [2.45, 2.75) is 11.9 Å². The Morgan fingerprint density at radius 1 is 0.964 bits per heavy atom. The molecule has 0 saturated carbocycles. The van der Waals surface area contributed by atoms with E-state index in [0.717, 1.165) is 11.8 Å². The number of hydrogen-bond donors (Lipinski definition) is 0. The number of carbonyl (C=O) groups excluding carboxylic acids is 1. The summed E-state index contributed by atoms with van der Waals surface area (Å²) in [6.45, 7) is 2.35. The molecule has 2 aromatic carbocycles. The zero-order valence-electron chi connectivity index (χ0n) is 15.1. The molecule has 28 heavy (non-hydrogen) atoms. The van der Waals surface area contributed by atoms with Gasteiger partial charge < -0.3 is 9.80 Å². The Labute approximate surface area is 165 Å². The smallest absolute Gasteiger partial charge is 0.368 e. The maximum atomic E-state index is 13.0. The van der Waals surface area contributed by atoms with Crippen LogP contribution in [-0.4, -0.2) is 42.7 Å². The molecule has 0 N–H and O–H groups in total. The van der Waals surface area contributed by atoms with Crippen LogP contribution in [0.3, 0.4) is 0 Å². The Bertz CT molecular complexity index is 803. The Hall–Kier alpha value is -2.22. The fourth-order valence-electron chi connectivity index (χ4n) is 3.13. The van der Waals surface area contributed by atoms with Crippen molar-refractivity contribution in [2.24, 2.45) is 0 Å². The van der Waals surface area contributed by atoms with Crippen LogP contribution in [0.15, 0.2) is 48.5 Å². The minimum Gasteiger partial charge on any atom is -0.368 e. The van der Waals surface area contributed by atoms with Gasteiger partial charge in [-0.3, -0.25) is 4.79 Å². The van der Waals surface area contributed by atoms with Crippen LogP contribution in [0, 0.1) is 5.82 Å². The van der Waals surface area contributed by atoms with E-state index >= 15 is 0 Å². The first-order valence-corrected chi connectivity index (χ1v) is 10.0. The molecule has 0 radical (unpaired) electrons. The van der Waals surface area contributed by atoms with Crippen LogP contribution in [0.4, 0.5) is 23.2 Å². The maximum Gasteiger partial charge on any atom is 0.416 e. The van der Waals surface area contributed by atoms with E-state index in [0.29, 0.717) is 26.2 Å². The molecule has 150 valence electrons. The third kappa shape index (κ3) is 5.19. The van der Waals surface area contributed by atoms with E-state index in [9.17, 15) is 22.4 Å². The van der Waals surface area contributed by atoms with E-state index in [1.807, 2.05) is 0 Å². The number of benzene rings is 2. The summed E-state index contributed by atoms with van der Waals surface area (Å²) in [5, 5.41) is 0. The van der Waals surface area contributed by atoms with Crippen LogP contribution in [0.2, 0.25) is 0 Å². The maximum absolute atomic E-state index is 13.0. The molecule has 8 heteroatoms. The van der Waals surface area contributed by atoms with Crippen LogP contribution >= 0.6 is 11.8 Å². The van der Waals surface area contributed by atoms with Gasteiger partial charge in [-0.2, -0.15) is 13.2 Å². The van der Waals surface area contributed by atoms with Gasteiger partial charge in [0.05, 0.1) is 11.3 Å². The van der Waals surface area contributed by atoms with Gasteiger partial charge in [-0.25, -0.2) is 4.39 Å². The van der Waals surface area contributed by atoms with E-state index < -0.39 is 11.7 Å². The molecule has 1 amide bonds. The van der Waals surface area contributed by atoms with Crippen LogP contribution in [0.25, 0.3) is 0 Å². The first kappa shape index (κ1) is 20.5. The summed E-state index contributed by atoms with van der Waals surface area (Å²) >= 11 is 1.19. The molecular formula is C20H20F4N2OS. The Morgan fingerprint density at radius 2 is 1.61 bits per heavy atom. The number of halogens is 4. The van der Waals surface area contributed by atoms with Gasteiger partial charge in [0.15, 0.2) is 0 Å². The lowest BCUT2D eigenvalue weighted by molar-refractivity contribution is -0.138. The zero-order chi connectivity index (χ0) is 20.1. The lowest BCUT2D eigenvalue weighted by Gasteiger charge is -2.36. The molecule has 3 rings (SSSR count). The number of hydrogen-bond acceptors (Lipinski definition) is 3. The summed E-state index contributed by atoms with van der Waals surface area (Å²) in [6, 6.07) is 11.7. The van der Waals surface area contributed by atoms with E-state index in [1.165, 1.54) is 36.0 Å². The topological polar surface area (TPSA) is 23.6 Å². The predicted molar refractivity (Wildman–Crippen MR) is 103 cm³/mol. The fraction of sp³-hybridized carbons (Fsp3) is 0.350. The van der Waals surface area contributed by atoms with Crippen molar-refractivity contribution in [2.75, 3.05) is 36.8 Å². The normalized spacial score (nSPS) is 15.0. The van der Waals surface area contributed by atoms with Crippen LogP contribution in [0.1, 0.15) is 11.1 Å². The highest BCUT2D eigenvalue weighted by molar-refractivity contribution is 7.99. The lowest BCUT2D eigenvalue weighted by Crippen LogP contribution is -2.49. The molecule has 1 fully saturated rings. The average molecular weight is 412 g/mol. The van der Waals surface area contributed by atoms with Crippen molar-refractivity contribution in [1.29, 1.82) is 0 Å². The molecule has 0 unspecified atom stereocenters. The Morgan fingerprint density at radius 3 is 2.25 bits per heavy atom. The lowest BCUT2D eigenvalue weighted by atomic mass is 10.1. The molecule has 0 atom stereocenters. The minimum atomic E-state index is -4.39. The molecule has 1 heterocycles. The molecule has 0 spiro atoms. The van der Waals surface area contributed by atoms with Gasteiger partial charge in [0, 0.05) is 37.6 Å². The molecule has 1 saturated heterocycles. The number of nitrogens with zero attached hydrogens (tertiary/aromatic N) is 2. The molecule has 3 nitrogen and oxygen atoms in total. The summed E-state index contributed by atoms with van der Waals surface area (Å²) in [5.41, 5.74) is 0.448. The van der Waals surface area contributed by atoms with Crippen molar-refractivity contribution in [3.8, 4) is 0 Å². The van der Waals surface area contributed by atoms with Crippen molar-refractivity contribution >= 4 is 23.4 Å². The molecule has 1 aliphatic heterocycles. The van der Waals surface area contributed by atoms with Crippen LogP contribution in [-0.2, 0) is 16.7 Å². The summed E-state index contributed by atoms with van der Waals surface area (Å²) < 4.78 is 52.1. The monoisotopic (exact) mass is 412 g/mol. The second-order valence-corrected chi connectivity index (χ2v) is 7.48. The summed E-state index contributed by atoms with van der Waals surface area (Å²) in [6.07, 6.45) is -4.39. The van der Waals surface area contributed by atoms with E-state index in [4.69, 9.17) is 0 Å². The van der Waals surface area contributed by atoms with Crippen LogP contribution in [0.5, 0.6) is 0 Å². The molecule has 0 aliphatic carbocycles. The fourth-order valence-corrected chi connectivity index (χ4v) is 4.06. The van der Waals surface area contributed by atoms with Gasteiger partial charge in [0.2, 0.25) is 5.91 Å². The second kappa shape index (κ2) is 8.86. The quantitative estimate of drug-likeness (QED) is 0.679. The van der Waals surface area contributed by atoms with Crippen molar-refractivity contribution in [3.05, 3.63) is 65.5 Å². The molecule has 2 aromatic rings. The summed E-state index contributed by atoms with van der Waals surface area (Å²) in [4.78, 5) is 16.2. The highest BCUT2D eigenvalue weighted by Crippen LogP contribution is 2.33. The number of piperazine rings is 1. The molecule has 0 aromatic heterocycles. The zero-order valence-corrected chi connectivity index (χ0v) is 15.9. The highest BCUT2D eigenvalue weighted by Gasteiger charge is 2.32. The Balaban J connectivity index is 1.47. The van der Waals surface area contributed by atoms with Gasteiger partial charge in [0.25, 0.3) is 0 Å². The predicted octanol–water partition coefficient (Wildman–Crippen LogP) is 4.43. The van der Waals surface area contributed by atoms with E-state index in [1.54, 1.807) is 23.1 Å². The first-order valence-electron chi connectivity index (χ1n) is 8.86. The number of carbonyl (C=O) groups is 1. The van der Waals surface area contributed by atoms with Gasteiger partial charge in [-0.05, 0) is 35.9 Å². The number of amides is 1. The summed E-state index contributed by atoms with van der Waals surface area (Å²) in [7, 11) is 0. The van der Waals surface area contributed by atoms with E-state index in [-0.39, 0.29) is 28.8 Å². The van der Waals surface area contributed by atoms with Crippen molar-refractivity contribution < 1.29 is 22.4 Å². The second-order valence-electron chi connectivity index (χ2n) is 6.49. The number of rotatable bonds is 5. The van der Waals surface area contributed by atoms with Gasteiger partial charge >= 0.3 is 6.18 Å². The van der Waals surface area contributed by atoms with Crippen molar-refractivity contribution in [1.82, 2.24) is 4.90 Å². The number of thioether (sulfide) groups is 1. The van der Waals surface area contributed by atoms with Gasteiger partial charge in [-0.15, -0.1) is 11.8 Å². The summed E-state index contributed by atoms with van der Waals surface area (Å²) in [5.74, 6) is -0.0883. The standard InChI is InChI=1S/C20H20F4N2OS/c21-16-5-7-17(8-6-16)25-9-11-26(12-10-25)19(27)14-28-13-15-3-1-2-4-18(15)20(22,23)24/h1-8H,9-14H2. The third-order valence-electron chi connectivity index (χ3n) is 4.63.